The van der Waals surface area contributed by atoms with Crippen molar-refractivity contribution in [3.63, 3.8) is 0 Å². The van der Waals surface area contributed by atoms with Crippen molar-refractivity contribution < 1.29 is 17.9 Å². The average molecular weight is 454 g/mol. The summed E-state index contributed by atoms with van der Waals surface area (Å²) in [6, 6.07) is 16.4. The van der Waals surface area contributed by atoms with Gasteiger partial charge in [0.15, 0.2) is 0 Å². The van der Waals surface area contributed by atoms with E-state index in [2.05, 4.69) is 25.6 Å². The van der Waals surface area contributed by atoms with E-state index in [1.807, 2.05) is 37.3 Å². The van der Waals surface area contributed by atoms with Gasteiger partial charge in [-0.1, -0.05) is 47.7 Å². The Hall–Kier alpha value is -3.79. The number of halogens is 3. The third-order valence-corrected chi connectivity index (χ3v) is 4.81. The molecule has 0 radical (unpaired) electrons. The van der Waals surface area contributed by atoms with E-state index < -0.39 is 11.7 Å². The summed E-state index contributed by atoms with van der Waals surface area (Å²) >= 11 is 0. The molecule has 33 heavy (non-hydrogen) atoms. The van der Waals surface area contributed by atoms with Gasteiger partial charge in [0.1, 0.15) is 18.1 Å². The monoisotopic (exact) mass is 454 g/mol. The van der Waals surface area contributed by atoms with Gasteiger partial charge < -0.3 is 10.1 Å². The minimum Gasteiger partial charge on any atom is -0.359 e. The van der Waals surface area contributed by atoms with Crippen LogP contribution in [0.2, 0.25) is 0 Å². The molecule has 0 aliphatic carbocycles. The van der Waals surface area contributed by atoms with Crippen molar-refractivity contribution in [1.82, 2.24) is 25.0 Å². The molecule has 0 amide bonds. The van der Waals surface area contributed by atoms with Gasteiger partial charge in [-0.15, -0.1) is 5.10 Å². The fraction of sp³-hybridized carbons (Fsp3) is 0.217. The van der Waals surface area contributed by atoms with Gasteiger partial charge >= 0.3 is 6.18 Å². The molecule has 0 spiro atoms. The van der Waals surface area contributed by atoms with E-state index in [0.29, 0.717) is 41.7 Å². The van der Waals surface area contributed by atoms with E-state index in [-0.39, 0.29) is 6.73 Å². The third kappa shape index (κ3) is 5.35. The second-order valence-corrected chi connectivity index (χ2v) is 7.09. The number of aromatic nitrogens is 5. The summed E-state index contributed by atoms with van der Waals surface area (Å²) in [7, 11) is 0. The Morgan fingerprint density at radius 2 is 1.85 bits per heavy atom. The number of anilines is 1. The Bertz CT molecular complexity index is 1210. The van der Waals surface area contributed by atoms with Crippen LogP contribution >= 0.6 is 0 Å². The number of ether oxygens (including phenoxy) is 1. The third-order valence-electron chi connectivity index (χ3n) is 4.81. The molecule has 10 heteroatoms. The van der Waals surface area contributed by atoms with Crippen LogP contribution in [0.3, 0.4) is 0 Å². The van der Waals surface area contributed by atoms with E-state index in [1.165, 1.54) is 10.7 Å². The first-order chi connectivity index (χ1) is 16.0. The lowest BCUT2D eigenvalue weighted by atomic mass is 10.0. The fourth-order valence-electron chi connectivity index (χ4n) is 3.23. The summed E-state index contributed by atoms with van der Waals surface area (Å²) in [5.74, 6) is 0.366. The number of alkyl halides is 3. The molecule has 0 saturated carbocycles. The summed E-state index contributed by atoms with van der Waals surface area (Å²) in [5.41, 5.74) is 1.74. The van der Waals surface area contributed by atoms with Crippen molar-refractivity contribution in [1.29, 1.82) is 0 Å². The van der Waals surface area contributed by atoms with Crippen molar-refractivity contribution in [3.05, 3.63) is 78.0 Å². The quantitative estimate of drug-likeness (QED) is 0.403. The van der Waals surface area contributed by atoms with Crippen LogP contribution in [0.25, 0.3) is 22.6 Å². The molecule has 0 bridgehead atoms. The topological polar surface area (TPSA) is 77.8 Å². The molecule has 4 aromatic rings. The number of nitrogens with zero attached hydrogens (tertiary/aromatic N) is 5. The molecule has 1 N–H and O–H groups in total. The van der Waals surface area contributed by atoms with Crippen LogP contribution in [-0.4, -0.2) is 31.6 Å². The van der Waals surface area contributed by atoms with Gasteiger partial charge in [0, 0.05) is 24.9 Å². The van der Waals surface area contributed by atoms with E-state index in [9.17, 15) is 13.2 Å². The maximum atomic E-state index is 13.3. The van der Waals surface area contributed by atoms with Crippen molar-refractivity contribution in [3.8, 4) is 22.6 Å². The van der Waals surface area contributed by atoms with E-state index in [4.69, 9.17) is 4.74 Å². The van der Waals surface area contributed by atoms with Gasteiger partial charge in [-0.3, -0.25) is 0 Å². The maximum absolute atomic E-state index is 13.3. The first-order valence-electron chi connectivity index (χ1n) is 10.3. The molecule has 0 aliphatic rings. The lowest BCUT2D eigenvalue weighted by Crippen LogP contribution is -2.08. The largest absolute Gasteiger partial charge is 0.416 e. The molecule has 2 aromatic carbocycles. The van der Waals surface area contributed by atoms with Crippen LogP contribution in [0.5, 0.6) is 0 Å². The first-order valence-corrected chi connectivity index (χ1v) is 10.3. The number of rotatable bonds is 8. The maximum Gasteiger partial charge on any atom is 0.416 e. The van der Waals surface area contributed by atoms with Crippen molar-refractivity contribution in [2.24, 2.45) is 0 Å². The smallest absolute Gasteiger partial charge is 0.359 e. The van der Waals surface area contributed by atoms with Crippen LogP contribution in [0.4, 0.5) is 19.1 Å². The number of nitrogens with one attached hydrogen (secondary N) is 1. The van der Waals surface area contributed by atoms with Crippen molar-refractivity contribution in [2.75, 3.05) is 11.9 Å². The van der Waals surface area contributed by atoms with Crippen LogP contribution in [0, 0.1) is 0 Å². The summed E-state index contributed by atoms with van der Waals surface area (Å²) in [5, 5.41) is 11.5. The van der Waals surface area contributed by atoms with Gasteiger partial charge in [-0.2, -0.15) is 13.2 Å². The van der Waals surface area contributed by atoms with Crippen molar-refractivity contribution >= 4 is 5.95 Å². The van der Waals surface area contributed by atoms with Crippen molar-refractivity contribution in [2.45, 2.75) is 26.4 Å². The SMILES string of the molecule is CCOCn1nnc(-c2ccnc(NCc3ccccc3)n2)c1-c1cccc(C(F)(F)F)c1. The zero-order valence-corrected chi connectivity index (χ0v) is 17.8. The highest BCUT2D eigenvalue weighted by atomic mass is 19.4. The average Bonchev–Trinajstić information content (AvgIpc) is 3.26. The van der Waals surface area contributed by atoms with Gasteiger partial charge in [0.05, 0.1) is 11.3 Å². The molecule has 0 fully saturated rings. The highest BCUT2D eigenvalue weighted by molar-refractivity contribution is 5.76. The standard InChI is InChI=1S/C23H21F3N6O/c1-2-33-15-32-21(17-9-6-10-18(13-17)23(24,25)26)20(30-31-32)19-11-12-27-22(29-19)28-14-16-7-4-3-5-8-16/h3-13H,2,14-15H2,1H3,(H,27,28,29). The van der Waals surface area contributed by atoms with E-state index >= 15 is 0 Å². The molecular formula is C23H21F3N6O. The van der Waals surface area contributed by atoms with E-state index in [0.717, 1.165) is 17.7 Å². The molecule has 0 saturated heterocycles. The molecular weight excluding hydrogens is 433 g/mol. The molecule has 0 aliphatic heterocycles. The molecule has 7 nitrogen and oxygen atoms in total. The molecule has 2 heterocycles. The fourth-order valence-corrected chi connectivity index (χ4v) is 3.23. The first kappa shape index (κ1) is 22.4. The second-order valence-electron chi connectivity index (χ2n) is 7.09. The van der Waals surface area contributed by atoms with Gasteiger partial charge in [0.2, 0.25) is 5.95 Å². The second kappa shape index (κ2) is 9.78. The molecule has 2 aromatic heterocycles. The zero-order chi connectivity index (χ0) is 23.3. The highest BCUT2D eigenvalue weighted by Gasteiger charge is 2.31. The van der Waals surface area contributed by atoms with Gasteiger partial charge in [0.25, 0.3) is 0 Å². The van der Waals surface area contributed by atoms with Gasteiger partial charge in [-0.05, 0) is 30.7 Å². The van der Waals surface area contributed by atoms with Gasteiger partial charge in [-0.25, -0.2) is 14.6 Å². The molecule has 4 rings (SSSR count). The molecule has 0 unspecified atom stereocenters. The number of hydrogen-bond donors (Lipinski definition) is 1. The molecule has 0 atom stereocenters. The van der Waals surface area contributed by atoms with Crippen LogP contribution in [-0.2, 0) is 24.2 Å². The predicted molar refractivity (Wildman–Crippen MR) is 117 cm³/mol. The summed E-state index contributed by atoms with van der Waals surface area (Å²) in [6.45, 7) is 2.79. The lowest BCUT2D eigenvalue weighted by molar-refractivity contribution is -0.137. The Morgan fingerprint density at radius 3 is 2.61 bits per heavy atom. The summed E-state index contributed by atoms with van der Waals surface area (Å²) < 4.78 is 46.8. The number of hydrogen-bond acceptors (Lipinski definition) is 6. The normalized spacial score (nSPS) is 11.5. The summed E-state index contributed by atoms with van der Waals surface area (Å²) in [6.07, 6.45) is -2.91. The zero-order valence-electron chi connectivity index (χ0n) is 17.8. The predicted octanol–water partition coefficient (Wildman–Crippen LogP) is 5.03. The van der Waals surface area contributed by atoms with E-state index in [1.54, 1.807) is 18.3 Å². The molecule has 170 valence electrons. The Balaban J connectivity index is 1.71. The Labute approximate surface area is 188 Å². The van der Waals surface area contributed by atoms with Crippen LogP contribution in [0.15, 0.2) is 66.9 Å². The van der Waals surface area contributed by atoms with Crippen LogP contribution in [0.1, 0.15) is 18.1 Å². The summed E-state index contributed by atoms with van der Waals surface area (Å²) in [4.78, 5) is 8.74. The Morgan fingerprint density at radius 1 is 1.03 bits per heavy atom. The van der Waals surface area contributed by atoms with Crippen LogP contribution < -0.4 is 5.32 Å². The lowest BCUT2D eigenvalue weighted by Gasteiger charge is -2.12. The highest BCUT2D eigenvalue weighted by Crippen LogP contribution is 2.35. The number of benzene rings is 2. The minimum absolute atomic E-state index is 0.0409. The minimum atomic E-state index is -4.47. The Kier molecular flexibility index (Phi) is 6.64.